The zero-order chi connectivity index (χ0) is 9.90. The minimum atomic E-state index is -0.156. The van der Waals surface area contributed by atoms with Crippen LogP contribution in [0.3, 0.4) is 0 Å². The van der Waals surface area contributed by atoms with E-state index in [1.165, 1.54) is 18.6 Å². The summed E-state index contributed by atoms with van der Waals surface area (Å²) in [7, 11) is 0. The molecule has 0 aromatic carbocycles. The highest BCUT2D eigenvalue weighted by molar-refractivity contribution is 7.99. The van der Waals surface area contributed by atoms with Gasteiger partial charge in [-0.15, -0.1) is 6.42 Å². The van der Waals surface area contributed by atoms with E-state index in [-0.39, 0.29) is 5.54 Å². The molecule has 1 heterocycles. The molecule has 0 spiro atoms. The molecule has 2 unspecified atom stereocenters. The van der Waals surface area contributed by atoms with Crippen LogP contribution in [0.2, 0.25) is 0 Å². The SMILES string of the molecule is C#CC(C)(C)NC1CCCSC1C. The summed E-state index contributed by atoms with van der Waals surface area (Å²) in [5.41, 5.74) is -0.156. The van der Waals surface area contributed by atoms with E-state index in [0.717, 1.165) is 0 Å². The van der Waals surface area contributed by atoms with Crippen LogP contribution >= 0.6 is 11.8 Å². The molecule has 0 saturated carbocycles. The van der Waals surface area contributed by atoms with Crippen molar-refractivity contribution in [3.8, 4) is 12.3 Å². The maximum absolute atomic E-state index is 5.45. The van der Waals surface area contributed by atoms with Crippen LogP contribution in [0.4, 0.5) is 0 Å². The lowest BCUT2D eigenvalue weighted by Gasteiger charge is -2.34. The van der Waals surface area contributed by atoms with Crippen LogP contribution in [0.5, 0.6) is 0 Å². The van der Waals surface area contributed by atoms with Gasteiger partial charge in [-0.25, -0.2) is 0 Å². The third-order valence-corrected chi connectivity index (χ3v) is 3.89. The molecule has 0 bridgehead atoms. The van der Waals surface area contributed by atoms with Crippen molar-refractivity contribution in [2.45, 2.75) is 50.4 Å². The van der Waals surface area contributed by atoms with Crippen LogP contribution in [0.25, 0.3) is 0 Å². The third kappa shape index (κ3) is 3.25. The Bertz CT molecular complexity index is 205. The predicted octanol–water partition coefficient (Wildman–Crippen LogP) is 2.27. The summed E-state index contributed by atoms with van der Waals surface area (Å²) in [6.07, 6.45) is 8.03. The van der Waals surface area contributed by atoms with Gasteiger partial charge in [0.15, 0.2) is 0 Å². The second-order valence-corrected chi connectivity index (χ2v) is 5.72. The van der Waals surface area contributed by atoms with Gasteiger partial charge in [0.25, 0.3) is 0 Å². The lowest BCUT2D eigenvalue weighted by atomic mass is 10.0. The van der Waals surface area contributed by atoms with Gasteiger partial charge in [-0.2, -0.15) is 11.8 Å². The van der Waals surface area contributed by atoms with Gasteiger partial charge in [0.05, 0.1) is 5.54 Å². The average molecular weight is 197 g/mol. The Morgan fingerprint density at radius 1 is 1.54 bits per heavy atom. The van der Waals surface area contributed by atoms with Crippen LogP contribution < -0.4 is 5.32 Å². The molecule has 2 heteroatoms. The van der Waals surface area contributed by atoms with Crippen molar-refractivity contribution in [1.29, 1.82) is 0 Å². The summed E-state index contributed by atoms with van der Waals surface area (Å²) in [5, 5.41) is 4.23. The fourth-order valence-corrected chi connectivity index (χ4v) is 2.76. The Labute approximate surface area is 86.1 Å². The van der Waals surface area contributed by atoms with Gasteiger partial charge in [-0.05, 0) is 32.4 Å². The Morgan fingerprint density at radius 2 is 2.23 bits per heavy atom. The number of terminal acetylenes is 1. The third-order valence-electron chi connectivity index (χ3n) is 2.51. The highest BCUT2D eigenvalue weighted by Gasteiger charge is 2.26. The molecule has 1 nitrogen and oxygen atoms in total. The normalized spacial score (nSPS) is 29.7. The maximum Gasteiger partial charge on any atom is 0.0743 e. The standard InChI is InChI=1S/C11H19NS/c1-5-11(3,4)12-10-7-6-8-13-9(10)2/h1,9-10,12H,6-8H2,2-4H3. The first-order chi connectivity index (χ1) is 6.05. The highest BCUT2D eigenvalue weighted by atomic mass is 32.2. The fraction of sp³-hybridized carbons (Fsp3) is 0.818. The van der Waals surface area contributed by atoms with Crippen molar-refractivity contribution in [3.05, 3.63) is 0 Å². The molecule has 74 valence electrons. The molecular formula is C11H19NS. The molecule has 2 atom stereocenters. The van der Waals surface area contributed by atoms with Crippen molar-refractivity contribution in [2.24, 2.45) is 0 Å². The lowest BCUT2D eigenvalue weighted by Crippen LogP contribution is -2.49. The molecular weight excluding hydrogens is 178 g/mol. The zero-order valence-corrected chi connectivity index (χ0v) is 9.58. The van der Waals surface area contributed by atoms with E-state index in [1.54, 1.807) is 0 Å². The van der Waals surface area contributed by atoms with Gasteiger partial charge in [-0.1, -0.05) is 12.8 Å². The quantitative estimate of drug-likeness (QED) is 0.682. The minimum absolute atomic E-state index is 0.156. The van der Waals surface area contributed by atoms with E-state index < -0.39 is 0 Å². The topological polar surface area (TPSA) is 12.0 Å². The number of nitrogens with one attached hydrogen (secondary N) is 1. The summed E-state index contributed by atoms with van der Waals surface area (Å²) in [4.78, 5) is 0. The highest BCUT2D eigenvalue weighted by Crippen LogP contribution is 2.26. The van der Waals surface area contributed by atoms with Crippen molar-refractivity contribution < 1.29 is 0 Å². The molecule has 1 fully saturated rings. The molecule has 1 aliphatic heterocycles. The summed E-state index contributed by atoms with van der Waals surface area (Å²) in [6.45, 7) is 6.42. The van der Waals surface area contributed by atoms with E-state index in [2.05, 4.69) is 32.0 Å². The Hall–Kier alpha value is -0.130. The molecule has 0 radical (unpaired) electrons. The first kappa shape index (κ1) is 10.9. The van der Waals surface area contributed by atoms with E-state index in [9.17, 15) is 0 Å². The van der Waals surface area contributed by atoms with Gasteiger partial charge in [0.1, 0.15) is 0 Å². The van der Waals surface area contributed by atoms with Crippen LogP contribution in [-0.2, 0) is 0 Å². The van der Waals surface area contributed by atoms with Gasteiger partial charge >= 0.3 is 0 Å². The van der Waals surface area contributed by atoms with Gasteiger partial charge in [0.2, 0.25) is 0 Å². The van der Waals surface area contributed by atoms with Crippen molar-refractivity contribution in [2.75, 3.05) is 5.75 Å². The number of hydrogen-bond donors (Lipinski definition) is 1. The van der Waals surface area contributed by atoms with E-state index in [4.69, 9.17) is 6.42 Å². The summed E-state index contributed by atoms with van der Waals surface area (Å²) >= 11 is 2.05. The first-order valence-corrected chi connectivity index (χ1v) is 5.97. The zero-order valence-electron chi connectivity index (χ0n) is 8.76. The molecule has 0 aromatic rings. The van der Waals surface area contributed by atoms with Gasteiger partial charge < -0.3 is 0 Å². The smallest absolute Gasteiger partial charge is 0.0743 e. The molecule has 1 saturated heterocycles. The first-order valence-electron chi connectivity index (χ1n) is 4.92. The van der Waals surface area contributed by atoms with Crippen molar-refractivity contribution in [1.82, 2.24) is 5.32 Å². The van der Waals surface area contributed by atoms with Gasteiger partial charge in [-0.3, -0.25) is 5.32 Å². The average Bonchev–Trinajstić information content (AvgIpc) is 2.09. The van der Waals surface area contributed by atoms with Crippen molar-refractivity contribution >= 4 is 11.8 Å². The molecule has 1 aliphatic rings. The van der Waals surface area contributed by atoms with Gasteiger partial charge in [0, 0.05) is 11.3 Å². The van der Waals surface area contributed by atoms with E-state index in [0.29, 0.717) is 11.3 Å². The van der Waals surface area contributed by atoms with Crippen LogP contribution in [0.1, 0.15) is 33.6 Å². The molecule has 13 heavy (non-hydrogen) atoms. The summed E-state index contributed by atoms with van der Waals surface area (Å²) < 4.78 is 0. The minimum Gasteiger partial charge on any atom is -0.298 e. The van der Waals surface area contributed by atoms with E-state index in [1.807, 2.05) is 11.8 Å². The number of thioether (sulfide) groups is 1. The molecule has 1 N–H and O–H groups in total. The molecule has 0 amide bonds. The summed E-state index contributed by atoms with van der Waals surface area (Å²) in [5.74, 6) is 4.09. The van der Waals surface area contributed by atoms with Crippen LogP contribution in [0, 0.1) is 12.3 Å². The van der Waals surface area contributed by atoms with Crippen LogP contribution in [-0.4, -0.2) is 22.6 Å². The summed E-state index contributed by atoms with van der Waals surface area (Å²) in [6, 6.07) is 0.588. The Kier molecular flexibility index (Phi) is 3.70. The number of hydrogen-bond acceptors (Lipinski definition) is 2. The second kappa shape index (κ2) is 4.39. The van der Waals surface area contributed by atoms with E-state index >= 15 is 0 Å². The maximum atomic E-state index is 5.45. The molecule has 0 aromatic heterocycles. The van der Waals surface area contributed by atoms with Crippen LogP contribution in [0.15, 0.2) is 0 Å². The molecule has 0 aliphatic carbocycles. The predicted molar refractivity (Wildman–Crippen MR) is 61.0 cm³/mol. The Morgan fingerprint density at radius 3 is 2.77 bits per heavy atom. The Balaban J connectivity index is 2.48. The number of rotatable bonds is 2. The lowest BCUT2D eigenvalue weighted by molar-refractivity contribution is 0.376. The molecule has 1 rings (SSSR count). The second-order valence-electron chi connectivity index (χ2n) is 4.24. The largest absolute Gasteiger partial charge is 0.298 e. The monoisotopic (exact) mass is 197 g/mol. The van der Waals surface area contributed by atoms with Crippen molar-refractivity contribution in [3.63, 3.8) is 0 Å². The fourth-order valence-electron chi connectivity index (χ4n) is 1.62.